The van der Waals surface area contributed by atoms with E-state index in [4.69, 9.17) is 13.3 Å². The maximum atomic E-state index is 7.05. The summed E-state index contributed by atoms with van der Waals surface area (Å²) in [6, 6.07) is 60.8. The van der Waals surface area contributed by atoms with Crippen LogP contribution in [-0.2, 0) is 5.41 Å². The SMILES string of the molecule is CC1(C)c2ccccc2-c2ccc(N(c3ccc(C4=c5oc6ccccc6c5=CCC4)cc3)c3cccc4oc5c(-c6ccccc6)c6c(cc5c34)oc3ccccc36)cc21. The van der Waals surface area contributed by atoms with Crippen molar-refractivity contribution in [1.29, 1.82) is 0 Å². The topological polar surface area (TPSA) is 42.7 Å². The van der Waals surface area contributed by atoms with Crippen molar-refractivity contribution in [2.45, 2.75) is 32.1 Å². The van der Waals surface area contributed by atoms with Crippen molar-refractivity contribution in [3.8, 4) is 22.3 Å². The molecule has 11 aromatic rings. The fourth-order valence-electron chi connectivity index (χ4n) is 10.5. The van der Waals surface area contributed by atoms with E-state index in [0.717, 1.165) is 95.9 Å². The van der Waals surface area contributed by atoms with Crippen LogP contribution in [0.5, 0.6) is 0 Å². The van der Waals surface area contributed by atoms with E-state index in [0.29, 0.717) is 0 Å². The van der Waals surface area contributed by atoms with Gasteiger partial charge < -0.3 is 18.2 Å². The van der Waals surface area contributed by atoms with Crippen LogP contribution in [0, 0.1) is 0 Å². The molecule has 8 aromatic carbocycles. The third kappa shape index (κ3) is 4.93. The summed E-state index contributed by atoms with van der Waals surface area (Å²) in [5, 5.41) is 6.57. The minimum atomic E-state index is -0.164. The van der Waals surface area contributed by atoms with Gasteiger partial charge in [-0.3, -0.25) is 0 Å². The van der Waals surface area contributed by atoms with Gasteiger partial charge in [-0.25, -0.2) is 0 Å². The molecule has 0 spiro atoms. The molecule has 2 aliphatic carbocycles. The maximum absolute atomic E-state index is 7.05. The molecule has 0 fully saturated rings. The van der Waals surface area contributed by atoms with E-state index in [2.05, 4.69) is 176 Å². The number of hydrogen-bond donors (Lipinski definition) is 0. The summed E-state index contributed by atoms with van der Waals surface area (Å²) >= 11 is 0. The summed E-state index contributed by atoms with van der Waals surface area (Å²) in [6.07, 6.45) is 4.23. The average molecular weight is 786 g/mol. The predicted molar refractivity (Wildman–Crippen MR) is 250 cm³/mol. The number of benzene rings is 8. The Morgan fingerprint density at radius 1 is 0.492 bits per heavy atom. The van der Waals surface area contributed by atoms with Crippen LogP contribution >= 0.6 is 0 Å². The van der Waals surface area contributed by atoms with Crippen molar-refractivity contribution in [3.05, 3.63) is 197 Å². The summed E-state index contributed by atoms with van der Waals surface area (Å²) in [7, 11) is 0. The maximum Gasteiger partial charge on any atom is 0.144 e. The summed E-state index contributed by atoms with van der Waals surface area (Å²) in [6.45, 7) is 4.69. The molecule has 0 unspecified atom stereocenters. The van der Waals surface area contributed by atoms with Gasteiger partial charge in [0.15, 0.2) is 0 Å². The molecule has 0 saturated carbocycles. The lowest BCUT2D eigenvalue weighted by Crippen LogP contribution is -2.26. The third-order valence-electron chi connectivity index (χ3n) is 13.4. The van der Waals surface area contributed by atoms with Crippen LogP contribution in [0.15, 0.2) is 183 Å². The number of para-hydroxylation sites is 2. The monoisotopic (exact) mass is 785 g/mol. The fraction of sp³-hybridized carbons (Fsp3) is 0.0877. The molecule has 0 bridgehead atoms. The van der Waals surface area contributed by atoms with Crippen molar-refractivity contribution < 1.29 is 13.3 Å². The largest absolute Gasteiger partial charge is 0.456 e. The van der Waals surface area contributed by atoms with Crippen LogP contribution < -0.4 is 15.5 Å². The van der Waals surface area contributed by atoms with Gasteiger partial charge in [-0.2, -0.15) is 0 Å². The lowest BCUT2D eigenvalue weighted by atomic mass is 9.82. The van der Waals surface area contributed by atoms with Gasteiger partial charge in [0.1, 0.15) is 33.3 Å². The van der Waals surface area contributed by atoms with E-state index in [-0.39, 0.29) is 5.41 Å². The highest BCUT2D eigenvalue weighted by Crippen LogP contribution is 2.52. The molecule has 0 amide bonds. The Hall–Kier alpha value is -7.56. The van der Waals surface area contributed by atoms with E-state index >= 15 is 0 Å². The second-order valence-electron chi connectivity index (χ2n) is 17.1. The average Bonchev–Trinajstić information content (AvgIpc) is 4.05. The molecule has 3 aromatic heterocycles. The minimum absolute atomic E-state index is 0.164. The van der Waals surface area contributed by atoms with Gasteiger partial charge in [0.2, 0.25) is 0 Å². The zero-order chi connectivity index (χ0) is 40.4. The molecule has 2 aliphatic rings. The van der Waals surface area contributed by atoms with Gasteiger partial charge in [-0.05, 0) is 101 Å². The molecule has 13 rings (SSSR count). The first-order chi connectivity index (χ1) is 30.0. The van der Waals surface area contributed by atoms with Gasteiger partial charge in [0, 0.05) is 54.7 Å². The molecule has 290 valence electrons. The number of rotatable bonds is 5. The van der Waals surface area contributed by atoms with Crippen LogP contribution in [0.3, 0.4) is 0 Å². The zero-order valence-electron chi connectivity index (χ0n) is 33.8. The molecule has 0 radical (unpaired) electrons. The standard InChI is InChI=1S/C57H39NO3/c1-57(2)45-21-9-6-16-39(45)40-31-30-37(32-46(40)57)58(36-28-26-34(27-29-36)38-19-12-20-42-41-17-7-10-23-48(41)60-55(38)42)47-22-13-25-50-53(47)44-33-51-54(43-18-8-11-24-49(43)59-51)52(56(44)61-50)35-14-4-3-5-15-35/h3-11,13-18,20-33H,12,19H2,1-2H3. The molecule has 0 atom stereocenters. The van der Waals surface area contributed by atoms with Crippen LogP contribution in [0.1, 0.15) is 43.4 Å². The Kier molecular flexibility index (Phi) is 7.16. The van der Waals surface area contributed by atoms with Crippen LogP contribution in [0.2, 0.25) is 0 Å². The number of hydrogen-bond acceptors (Lipinski definition) is 4. The number of fused-ring (bicyclic) bond motifs is 12. The van der Waals surface area contributed by atoms with E-state index < -0.39 is 0 Å². The second-order valence-corrected chi connectivity index (χ2v) is 17.1. The lowest BCUT2D eigenvalue weighted by Gasteiger charge is -2.29. The molecule has 4 heteroatoms. The summed E-state index contributed by atoms with van der Waals surface area (Å²) in [5.74, 6) is 0. The predicted octanol–water partition coefficient (Wildman–Crippen LogP) is 14.4. The Bertz CT molecular complexity index is 3730. The third-order valence-corrected chi connectivity index (χ3v) is 13.4. The van der Waals surface area contributed by atoms with Crippen molar-refractivity contribution in [2.24, 2.45) is 0 Å². The highest BCUT2D eigenvalue weighted by Gasteiger charge is 2.36. The lowest BCUT2D eigenvalue weighted by molar-refractivity contribution is 0.568. The summed E-state index contributed by atoms with van der Waals surface area (Å²) < 4.78 is 20.2. The minimum Gasteiger partial charge on any atom is -0.456 e. The molecule has 0 N–H and O–H groups in total. The second kappa shape index (κ2) is 12.7. The van der Waals surface area contributed by atoms with E-state index in [1.807, 2.05) is 18.2 Å². The quantitative estimate of drug-likeness (QED) is 0.174. The molecule has 4 nitrogen and oxygen atoms in total. The Labute approximate surface area is 351 Å². The first kappa shape index (κ1) is 34.3. The van der Waals surface area contributed by atoms with E-state index in [9.17, 15) is 0 Å². The van der Waals surface area contributed by atoms with Crippen LogP contribution in [-0.4, -0.2) is 0 Å². The molecule has 0 aliphatic heterocycles. The first-order valence-electron chi connectivity index (χ1n) is 21.2. The van der Waals surface area contributed by atoms with Crippen molar-refractivity contribution in [2.75, 3.05) is 4.90 Å². The molecule has 61 heavy (non-hydrogen) atoms. The Morgan fingerprint density at radius 2 is 1.20 bits per heavy atom. The van der Waals surface area contributed by atoms with Gasteiger partial charge in [0.25, 0.3) is 0 Å². The van der Waals surface area contributed by atoms with Crippen LogP contribution in [0.25, 0.3) is 88.7 Å². The van der Waals surface area contributed by atoms with E-state index in [1.54, 1.807) is 0 Å². The van der Waals surface area contributed by atoms with Crippen LogP contribution in [0.4, 0.5) is 17.1 Å². The van der Waals surface area contributed by atoms with Gasteiger partial charge in [0.05, 0.1) is 11.1 Å². The van der Waals surface area contributed by atoms with Gasteiger partial charge in [-0.1, -0.05) is 135 Å². The van der Waals surface area contributed by atoms with E-state index in [1.165, 1.54) is 44.0 Å². The molecular formula is C57H39NO3. The molecular weight excluding hydrogens is 747 g/mol. The first-order valence-corrected chi connectivity index (χ1v) is 21.2. The van der Waals surface area contributed by atoms with Gasteiger partial charge >= 0.3 is 0 Å². The Morgan fingerprint density at radius 3 is 2.05 bits per heavy atom. The number of furan rings is 3. The zero-order valence-corrected chi connectivity index (χ0v) is 33.8. The normalized spacial score (nSPS) is 14.2. The van der Waals surface area contributed by atoms with Crippen molar-refractivity contribution in [1.82, 2.24) is 0 Å². The Balaban J connectivity index is 1.07. The highest BCUT2D eigenvalue weighted by molar-refractivity contribution is 6.25. The van der Waals surface area contributed by atoms with Gasteiger partial charge in [-0.15, -0.1) is 0 Å². The van der Waals surface area contributed by atoms with Crippen molar-refractivity contribution in [3.63, 3.8) is 0 Å². The molecule has 0 saturated heterocycles. The number of anilines is 3. The van der Waals surface area contributed by atoms with Crippen molar-refractivity contribution >= 4 is 83.6 Å². The summed E-state index contributed by atoms with van der Waals surface area (Å²) in [5.41, 5.74) is 18.1. The number of nitrogens with zero attached hydrogens (tertiary/aromatic N) is 1. The highest BCUT2D eigenvalue weighted by atomic mass is 16.3. The molecule has 3 heterocycles. The fourth-order valence-corrected chi connectivity index (χ4v) is 10.5. The smallest absolute Gasteiger partial charge is 0.144 e. The summed E-state index contributed by atoms with van der Waals surface area (Å²) in [4.78, 5) is 2.41.